The van der Waals surface area contributed by atoms with E-state index in [1.165, 1.54) is 5.56 Å². The van der Waals surface area contributed by atoms with Crippen molar-refractivity contribution in [3.8, 4) is 11.3 Å². The van der Waals surface area contributed by atoms with E-state index < -0.39 is 0 Å². The maximum Gasteiger partial charge on any atom is 0.291 e. The van der Waals surface area contributed by atoms with Crippen LogP contribution in [0.5, 0.6) is 0 Å². The van der Waals surface area contributed by atoms with Crippen LogP contribution in [0.2, 0.25) is 5.02 Å². The van der Waals surface area contributed by atoms with E-state index in [-0.39, 0.29) is 17.6 Å². The minimum atomic E-state index is -0.313. The molecule has 1 fully saturated rings. The van der Waals surface area contributed by atoms with Crippen molar-refractivity contribution in [1.82, 2.24) is 4.90 Å². The highest BCUT2D eigenvalue weighted by Crippen LogP contribution is 2.25. The molecule has 0 aliphatic carbocycles. The van der Waals surface area contributed by atoms with Crippen LogP contribution in [0, 0.1) is 0 Å². The van der Waals surface area contributed by atoms with E-state index in [1.807, 2.05) is 65.6 Å². The van der Waals surface area contributed by atoms with Crippen molar-refractivity contribution in [1.29, 1.82) is 0 Å². The molecule has 1 aliphatic rings. The van der Waals surface area contributed by atoms with Crippen LogP contribution in [0.25, 0.3) is 11.3 Å². The van der Waals surface area contributed by atoms with Gasteiger partial charge in [0.25, 0.3) is 11.8 Å². The first kappa shape index (κ1) is 24.7. The smallest absolute Gasteiger partial charge is 0.291 e. The molecule has 2 heterocycles. The molecule has 0 saturated carbocycles. The van der Waals surface area contributed by atoms with Crippen LogP contribution in [0.1, 0.15) is 33.4 Å². The second-order valence-corrected chi connectivity index (χ2v) is 9.44. The summed E-state index contributed by atoms with van der Waals surface area (Å²) in [4.78, 5) is 29.7. The van der Waals surface area contributed by atoms with Crippen LogP contribution >= 0.6 is 11.6 Å². The standard InChI is InChI=1S/C30H28ClN3O3/c1-2-21-3-5-23(6-4-21)30(36)34-19-17-33(18-20-34)26-13-11-25(12-14-26)32-29(35)28-16-15-27(37-28)22-7-9-24(31)10-8-22/h3-16H,2,17-20H2,1H3,(H,32,35). The fourth-order valence-corrected chi connectivity index (χ4v) is 4.54. The van der Waals surface area contributed by atoms with Crippen molar-refractivity contribution in [2.45, 2.75) is 13.3 Å². The number of nitrogens with zero attached hydrogens (tertiary/aromatic N) is 2. The average molecular weight is 514 g/mol. The molecule has 1 saturated heterocycles. The Morgan fingerprint density at radius 3 is 2.16 bits per heavy atom. The molecule has 1 aliphatic heterocycles. The largest absolute Gasteiger partial charge is 0.451 e. The van der Waals surface area contributed by atoms with Gasteiger partial charge in [-0.05, 0) is 84.8 Å². The fraction of sp³-hybridized carbons (Fsp3) is 0.200. The Kier molecular flexibility index (Phi) is 7.28. The van der Waals surface area contributed by atoms with E-state index >= 15 is 0 Å². The Hall–Kier alpha value is -4.03. The third-order valence-corrected chi connectivity index (χ3v) is 6.88. The molecule has 7 heteroatoms. The Morgan fingerprint density at radius 1 is 0.838 bits per heavy atom. The summed E-state index contributed by atoms with van der Waals surface area (Å²) in [5.41, 5.74) is 4.56. The number of furan rings is 1. The van der Waals surface area contributed by atoms with Gasteiger partial charge in [0.15, 0.2) is 5.76 Å². The zero-order chi connectivity index (χ0) is 25.8. The second-order valence-electron chi connectivity index (χ2n) is 9.00. The van der Waals surface area contributed by atoms with Crippen molar-refractivity contribution >= 4 is 34.8 Å². The molecule has 3 aromatic carbocycles. The van der Waals surface area contributed by atoms with Crippen molar-refractivity contribution < 1.29 is 14.0 Å². The quantitative estimate of drug-likeness (QED) is 0.325. The van der Waals surface area contributed by atoms with Crippen molar-refractivity contribution in [3.63, 3.8) is 0 Å². The summed E-state index contributed by atoms with van der Waals surface area (Å²) in [6.07, 6.45) is 0.962. The molecule has 0 spiro atoms. The number of amides is 2. The molecule has 0 unspecified atom stereocenters. The first-order valence-electron chi connectivity index (χ1n) is 12.4. The zero-order valence-electron chi connectivity index (χ0n) is 20.6. The molecule has 4 aromatic rings. The number of benzene rings is 3. The molecular formula is C30H28ClN3O3. The lowest BCUT2D eigenvalue weighted by molar-refractivity contribution is 0.0746. The van der Waals surface area contributed by atoms with Gasteiger partial charge in [0, 0.05) is 53.7 Å². The molecule has 1 aromatic heterocycles. The highest BCUT2D eigenvalue weighted by atomic mass is 35.5. The zero-order valence-corrected chi connectivity index (χ0v) is 21.4. The lowest BCUT2D eigenvalue weighted by Gasteiger charge is -2.36. The number of hydrogen-bond donors (Lipinski definition) is 1. The average Bonchev–Trinajstić information content (AvgIpc) is 3.44. The van der Waals surface area contributed by atoms with Crippen LogP contribution in [0.3, 0.4) is 0 Å². The summed E-state index contributed by atoms with van der Waals surface area (Å²) in [5, 5.41) is 3.53. The van der Waals surface area contributed by atoms with E-state index in [4.69, 9.17) is 16.0 Å². The van der Waals surface area contributed by atoms with Gasteiger partial charge in [-0.3, -0.25) is 9.59 Å². The van der Waals surface area contributed by atoms with Crippen LogP contribution < -0.4 is 10.2 Å². The van der Waals surface area contributed by atoms with Crippen molar-refractivity contribution in [2.24, 2.45) is 0 Å². The number of nitrogens with one attached hydrogen (secondary N) is 1. The van der Waals surface area contributed by atoms with E-state index in [0.29, 0.717) is 29.6 Å². The normalized spacial score (nSPS) is 13.5. The van der Waals surface area contributed by atoms with Gasteiger partial charge < -0.3 is 19.5 Å². The van der Waals surface area contributed by atoms with E-state index in [1.54, 1.807) is 24.3 Å². The third kappa shape index (κ3) is 5.70. The first-order chi connectivity index (χ1) is 18.0. The number of hydrogen-bond acceptors (Lipinski definition) is 4. The van der Waals surface area contributed by atoms with Gasteiger partial charge in [0.1, 0.15) is 5.76 Å². The van der Waals surface area contributed by atoms with Gasteiger partial charge in [-0.15, -0.1) is 0 Å². The lowest BCUT2D eigenvalue weighted by Crippen LogP contribution is -2.48. The van der Waals surface area contributed by atoms with Gasteiger partial charge in [0.05, 0.1) is 0 Å². The van der Waals surface area contributed by atoms with E-state index in [2.05, 4.69) is 17.1 Å². The van der Waals surface area contributed by atoms with Crippen LogP contribution in [-0.2, 0) is 6.42 Å². The number of carbonyl (C=O) groups excluding carboxylic acids is 2. The highest BCUT2D eigenvalue weighted by molar-refractivity contribution is 6.30. The summed E-state index contributed by atoms with van der Waals surface area (Å²) in [6, 6.07) is 26.3. The van der Waals surface area contributed by atoms with Gasteiger partial charge in [-0.2, -0.15) is 0 Å². The summed E-state index contributed by atoms with van der Waals surface area (Å²) in [7, 11) is 0. The van der Waals surface area contributed by atoms with Crippen molar-refractivity contribution in [2.75, 3.05) is 36.4 Å². The molecular weight excluding hydrogens is 486 g/mol. The fourth-order valence-electron chi connectivity index (χ4n) is 4.41. The molecule has 6 nitrogen and oxygen atoms in total. The molecule has 5 rings (SSSR count). The summed E-state index contributed by atoms with van der Waals surface area (Å²) in [6.45, 7) is 4.95. The van der Waals surface area contributed by atoms with Gasteiger partial charge in [-0.1, -0.05) is 30.7 Å². The summed E-state index contributed by atoms with van der Waals surface area (Å²) < 4.78 is 5.74. The minimum Gasteiger partial charge on any atom is -0.451 e. The second kappa shape index (κ2) is 10.9. The van der Waals surface area contributed by atoms with Crippen LogP contribution in [0.4, 0.5) is 11.4 Å². The first-order valence-corrected chi connectivity index (χ1v) is 12.8. The van der Waals surface area contributed by atoms with E-state index in [9.17, 15) is 9.59 Å². The number of aryl methyl sites for hydroxylation is 1. The predicted molar refractivity (Wildman–Crippen MR) is 147 cm³/mol. The molecule has 0 radical (unpaired) electrons. The summed E-state index contributed by atoms with van der Waals surface area (Å²) >= 11 is 5.94. The topological polar surface area (TPSA) is 65.8 Å². The highest BCUT2D eigenvalue weighted by Gasteiger charge is 2.22. The molecule has 37 heavy (non-hydrogen) atoms. The molecule has 188 valence electrons. The molecule has 1 N–H and O–H groups in total. The van der Waals surface area contributed by atoms with Crippen molar-refractivity contribution in [3.05, 3.63) is 107 Å². The van der Waals surface area contributed by atoms with Gasteiger partial charge in [-0.25, -0.2) is 0 Å². The minimum absolute atomic E-state index is 0.0810. The number of halogens is 1. The number of anilines is 2. The molecule has 0 atom stereocenters. The van der Waals surface area contributed by atoms with E-state index in [0.717, 1.165) is 36.3 Å². The Labute approximate surface area is 221 Å². The molecule has 2 amide bonds. The van der Waals surface area contributed by atoms with Crippen LogP contribution in [0.15, 0.2) is 89.3 Å². The number of carbonyl (C=O) groups is 2. The number of rotatable bonds is 6. The lowest BCUT2D eigenvalue weighted by atomic mass is 10.1. The summed E-state index contributed by atoms with van der Waals surface area (Å²) in [5.74, 6) is 0.608. The Bertz CT molecular complexity index is 1370. The van der Waals surface area contributed by atoms with Crippen LogP contribution in [-0.4, -0.2) is 42.9 Å². The van der Waals surface area contributed by atoms with Gasteiger partial charge >= 0.3 is 0 Å². The maximum absolute atomic E-state index is 12.9. The SMILES string of the molecule is CCc1ccc(C(=O)N2CCN(c3ccc(NC(=O)c4ccc(-c5ccc(Cl)cc5)o4)cc3)CC2)cc1. The van der Waals surface area contributed by atoms with Gasteiger partial charge in [0.2, 0.25) is 0 Å². The molecule has 0 bridgehead atoms. The monoisotopic (exact) mass is 513 g/mol. The Morgan fingerprint density at radius 2 is 1.51 bits per heavy atom. The third-order valence-electron chi connectivity index (χ3n) is 6.62. The predicted octanol–water partition coefficient (Wildman–Crippen LogP) is 6.38. The number of piperazine rings is 1. The maximum atomic E-state index is 12.9. The Balaban J connectivity index is 1.15.